The number of carbonyl (C=O) groups is 1. The van der Waals surface area contributed by atoms with Gasteiger partial charge < -0.3 is 4.98 Å². The molecule has 3 rings (SSSR count). The van der Waals surface area contributed by atoms with Gasteiger partial charge in [0.25, 0.3) is 5.56 Å². The third-order valence-corrected chi connectivity index (χ3v) is 3.96. The van der Waals surface area contributed by atoms with E-state index >= 15 is 0 Å². The van der Waals surface area contributed by atoms with E-state index in [2.05, 4.69) is 25.3 Å². The van der Waals surface area contributed by atoms with E-state index in [-0.39, 0.29) is 28.9 Å². The number of H-pyrrole nitrogens is 2. The zero-order valence-electron chi connectivity index (χ0n) is 12.8. The Labute approximate surface area is 146 Å². The molecule has 0 unspecified atom stereocenters. The molecule has 0 saturated carbocycles. The van der Waals surface area contributed by atoms with Crippen LogP contribution in [0.3, 0.4) is 0 Å². The first-order valence-electron chi connectivity index (χ1n) is 7.12. The fourth-order valence-corrected chi connectivity index (χ4v) is 2.65. The molecule has 1 aromatic carbocycles. The molecule has 3 aromatic rings. The van der Waals surface area contributed by atoms with E-state index < -0.39 is 5.56 Å². The van der Waals surface area contributed by atoms with Gasteiger partial charge in [0, 0.05) is 5.92 Å². The number of benzene rings is 1. The molecule has 0 saturated heterocycles. The van der Waals surface area contributed by atoms with Crippen LogP contribution < -0.4 is 10.9 Å². The van der Waals surface area contributed by atoms with Crippen LogP contribution in [0.15, 0.2) is 23.0 Å². The van der Waals surface area contributed by atoms with Crippen molar-refractivity contribution >= 4 is 46.2 Å². The Morgan fingerprint density at radius 1 is 1.17 bits per heavy atom. The minimum atomic E-state index is -0.457. The SMILES string of the molecule is CC(C)C(=O)Nc1nc2nc(-c3c(Cl)cccc3Cl)[nH]c2c(=O)[nH]1. The number of hydrogen-bond acceptors (Lipinski definition) is 4. The van der Waals surface area contributed by atoms with Crippen molar-refractivity contribution in [2.45, 2.75) is 13.8 Å². The van der Waals surface area contributed by atoms with Crippen molar-refractivity contribution in [3.8, 4) is 11.4 Å². The van der Waals surface area contributed by atoms with E-state index in [1.165, 1.54) is 0 Å². The molecule has 3 N–H and O–H groups in total. The first-order valence-corrected chi connectivity index (χ1v) is 7.87. The summed E-state index contributed by atoms with van der Waals surface area (Å²) >= 11 is 12.3. The van der Waals surface area contributed by atoms with Crippen LogP contribution in [0.1, 0.15) is 13.8 Å². The van der Waals surface area contributed by atoms with Gasteiger partial charge in [0.1, 0.15) is 5.82 Å². The summed E-state index contributed by atoms with van der Waals surface area (Å²) in [6, 6.07) is 5.05. The van der Waals surface area contributed by atoms with Crippen LogP contribution >= 0.6 is 23.2 Å². The maximum absolute atomic E-state index is 12.2. The number of nitrogens with one attached hydrogen (secondary N) is 3. The van der Waals surface area contributed by atoms with Gasteiger partial charge in [-0.1, -0.05) is 43.1 Å². The highest BCUT2D eigenvalue weighted by atomic mass is 35.5. The number of aromatic nitrogens is 4. The lowest BCUT2D eigenvalue weighted by Gasteiger charge is -2.05. The Hall–Kier alpha value is -2.38. The highest BCUT2D eigenvalue weighted by Crippen LogP contribution is 2.33. The number of imidazole rings is 1. The first-order chi connectivity index (χ1) is 11.4. The van der Waals surface area contributed by atoms with Crippen molar-refractivity contribution < 1.29 is 4.79 Å². The van der Waals surface area contributed by atoms with E-state index in [9.17, 15) is 9.59 Å². The van der Waals surface area contributed by atoms with Crippen LogP contribution in [-0.4, -0.2) is 25.8 Å². The Morgan fingerprint density at radius 2 is 1.83 bits per heavy atom. The molecule has 0 bridgehead atoms. The third kappa shape index (κ3) is 3.00. The van der Waals surface area contributed by atoms with Gasteiger partial charge in [0.15, 0.2) is 11.2 Å². The van der Waals surface area contributed by atoms with Crippen molar-refractivity contribution in [2.75, 3.05) is 5.32 Å². The third-order valence-electron chi connectivity index (χ3n) is 3.33. The number of nitrogens with zero attached hydrogens (tertiary/aromatic N) is 2. The Bertz CT molecular complexity index is 973. The van der Waals surface area contributed by atoms with E-state index in [0.29, 0.717) is 21.4 Å². The van der Waals surface area contributed by atoms with Crippen molar-refractivity contribution in [1.82, 2.24) is 19.9 Å². The molecular weight excluding hydrogens is 353 g/mol. The average molecular weight is 366 g/mol. The lowest BCUT2D eigenvalue weighted by Crippen LogP contribution is -2.22. The lowest BCUT2D eigenvalue weighted by molar-refractivity contribution is -0.118. The summed E-state index contributed by atoms with van der Waals surface area (Å²) < 4.78 is 0. The quantitative estimate of drug-likeness (QED) is 0.662. The zero-order valence-corrected chi connectivity index (χ0v) is 14.3. The fourth-order valence-electron chi connectivity index (χ4n) is 2.07. The van der Waals surface area contributed by atoms with Crippen LogP contribution in [0.5, 0.6) is 0 Å². The van der Waals surface area contributed by atoms with Gasteiger partial charge >= 0.3 is 0 Å². The first kappa shape index (κ1) is 16.5. The molecule has 1 amide bonds. The molecule has 0 aliphatic rings. The topological polar surface area (TPSA) is 104 Å². The summed E-state index contributed by atoms with van der Waals surface area (Å²) in [5.74, 6) is -0.148. The maximum atomic E-state index is 12.2. The molecule has 0 aliphatic heterocycles. The monoisotopic (exact) mass is 365 g/mol. The van der Waals surface area contributed by atoms with Gasteiger partial charge in [-0.2, -0.15) is 4.98 Å². The summed E-state index contributed by atoms with van der Waals surface area (Å²) in [4.78, 5) is 37.7. The zero-order chi connectivity index (χ0) is 17.4. The van der Waals surface area contributed by atoms with Gasteiger partial charge in [-0.15, -0.1) is 0 Å². The number of halogens is 2. The van der Waals surface area contributed by atoms with Crippen molar-refractivity contribution in [3.63, 3.8) is 0 Å². The smallest absolute Gasteiger partial charge is 0.278 e. The van der Waals surface area contributed by atoms with Crippen molar-refractivity contribution in [1.29, 1.82) is 0 Å². The van der Waals surface area contributed by atoms with Gasteiger partial charge in [-0.25, -0.2) is 4.98 Å². The molecule has 24 heavy (non-hydrogen) atoms. The predicted octanol–water partition coefficient (Wildman–Crippen LogP) is 3.21. The maximum Gasteiger partial charge on any atom is 0.278 e. The van der Waals surface area contributed by atoms with Crippen LogP contribution in [0.4, 0.5) is 5.95 Å². The predicted molar refractivity (Wildman–Crippen MR) is 93.4 cm³/mol. The fraction of sp³-hybridized carbons (Fsp3) is 0.200. The van der Waals surface area contributed by atoms with Crippen LogP contribution in [0, 0.1) is 5.92 Å². The molecule has 0 spiro atoms. The summed E-state index contributed by atoms with van der Waals surface area (Å²) in [6.07, 6.45) is 0. The number of hydrogen-bond donors (Lipinski definition) is 3. The molecule has 0 atom stereocenters. The number of fused-ring (bicyclic) bond motifs is 1. The van der Waals surface area contributed by atoms with Crippen molar-refractivity contribution in [3.05, 3.63) is 38.6 Å². The van der Waals surface area contributed by atoms with Crippen LogP contribution in [0.25, 0.3) is 22.6 Å². The molecule has 2 aromatic heterocycles. The normalized spacial score (nSPS) is 11.2. The van der Waals surface area contributed by atoms with E-state index in [4.69, 9.17) is 23.2 Å². The highest BCUT2D eigenvalue weighted by molar-refractivity contribution is 6.39. The summed E-state index contributed by atoms with van der Waals surface area (Å²) in [5.41, 5.74) is 0.347. The minimum Gasteiger partial charge on any atom is -0.332 e. The molecule has 7 nitrogen and oxygen atoms in total. The van der Waals surface area contributed by atoms with Crippen molar-refractivity contribution in [2.24, 2.45) is 5.92 Å². The highest BCUT2D eigenvalue weighted by Gasteiger charge is 2.16. The van der Waals surface area contributed by atoms with Gasteiger partial charge in [0.2, 0.25) is 11.9 Å². The second-order valence-corrected chi connectivity index (χ2v) is 6.25. The van der Waals surface area contributed by atoms with Gasteiger partial charge in [-0.05, 0) is 12.1 Å². The minimum absolute atomic E-state index is 0.0366. The standard InChI is InChI=1S/C15H13Cl2N5O2/c1-6(2)13(23)21-15-20-12-10(14(24)22-15)18-11(19-12)9-7(16)4-3-5-8(9)17/h3-6H,1-2H3,(H3,18,19,20,21,22,23,24). The summed E-state index contributed by atoms with van der Waals surface area (Å²) in [5, 5.41) is 3.32. The van der Waals surface area contributed by atoms with Crippen LogP contribution in [0.2, 0.25) is 10.0 Å². The molecule has 0 radical (unpaired) electrons. The second kappa shape index (κ2) is 6.26. The van der Waals surface area contributed by atoms with Gasteiger partial charge in [0.05, 0.1) is 15.6 Å². The molecular formula is C15H13Cl2N5O2. The number of rotatable bonds is 3. The molecule has 9 heteroatoms. The molecule has 2 heterocycles. The van der Waals surface area contributed by atoms with E-state index in [1.54, 1.807) is 32.0 Å². The lowest BCUT2D eigenvalue weighted by atomic mass is 10.2. The molecule has 124 valence electrons. The summed E-state index contributed by atoms with van der Waals surface area (Å²) in [6.45, 7) is 3.47. The average Bonchev–Trinajstić information content (AvgIpc) is 2.91. The Balaban J connectivity index is 2.10. The summed E-state index contributed by atoms with van der Waals surface area (Å²) in [7, 11) is 0. The van der Waals surface area contributed by atoms with E-state index in [1.807, 2.05) is 0 Å². The molecule has 0 aliphatic carbocycles. The van der Waals surface area contributed by atoms with Gasteiger partial charge in [-0.3, -0.25) is 19.9 Å². The number of carbonyl (C=O) groups excluding carboxylic acids is 1. The van der Waals surface area contributed by atoms with Crippen LogP contribution in [-0.2, 0) is 4.79 Å². The number of anilines is 1. The number of aromatic amines is 2. The second-order valence-electron chi connectivity index (χ2n) is 5.44. The Morgan fingerprint density at radius 3 is 2.46 bits per heavy atom. The largest absolute Gasteiger partial charge is 0.332 e. The molecule has 0 fully saturated rings. The van der Waals surface area contributed by atoms with E-state index in [0.717, 1.165) is 0 Å². The Kier molecular flexibility index (Phi) is 4.29. The number of amides is 1.